The van der Waals surface area contributed by atoms with Crippen molar-refractivity contribution in [3.05, 3.63) is 95.0 Å². The predicted octanol–water partition coefficient (Wildman–Crippen LogP) is 4.40. The molecule has 0 amide bonds. The summed E-state index contributed by atoms with van der Waals surface area (Å²) in [7, 11) is 0. The minimum atomic E-state index is -0.321. The Balaban J connectivity index is 1.76. The topological polar surface area (TPSA) is 80.6 Å². The minimum absolute atomic E-state index is 0.0776. The highest BCUT2D eigenvalue weighted by atomic mass is 16.3. The first-order valence-corrected chi connectivity index (χ1v) is 9.03. The van der Waals surface area contributed by atoms with Crippen LogP contribution in [0.25, 0.3) is 33.3 Å². The van der Waals surface area contributed by atoms with Crippen LogP contribution in [0.4, 0.5) is 0 Å². The largest absolute Gasteiger partial charge is 0.507 e. The molecule has 0 aliphatic rings. The maximum atomic E-state index is 13.1. The number of benzene rings is 3. The number of furan rings is 1. The molecule has 2 aromatic heterocycles. The van der Waals surface area contributed by atoms with Crippen molar-refractivity contribution in [1.82, 2.24) is 9.66 Å². The van der Waals surface area contributed by atoms with Crippen molar-refractivity contribution in [2.24, 2.45) is 5.10 Å². The molecule has 0 atom stereocenters. The molecule has 0 unspecified atom stereocenters. The van der Waals surface area contributed by atoms with E-state index in [1.54, 1.807) is 36.4 Å². The number of hydrogen-bond acceptors (Lipinski definition) is 5. The Labute approximate surface area is 165 Å². The zero-order valence-corrected chi connectivity index (χ0v) is 15.2. The number of rotatable bonds is 3. The van der Waals surface area contributed by atoms with Crippen LogP contribution in [0.1, 0.15) is 5.56 Å². The fourth-order valence-corrected chi connectivity index (χ4v) is 3.33. The van der Waals surface area contributed by atoms with Crippen LogP contribution < -0.4 is 5.56 Å². The van der Waals surface area contributed by atoms with E-state index in [0.29, 0.717) is 22.2 Å². The number of fused-ring (bicyclic) bond motifs is 2. The molecule has 2 heterocycles. The highest BCUT2D eigenvalue weighted by Crippen LogP contribution is 2.26. The molecule has 6 heteroatoms. The van der Waals surface area contributed by atoms with Gasteiger partial charge in [0, 0.05) is 5.56 Å². The molecule has 29 heavy (non-hydrogen) atoms. The molecule has 0 aliphatic heterocycles. The zero-order valence-electron chi connectivity index (χ0n) is 15.2. The van der Waals surface area contributed by atoms with Gasteiger partial charge in [-0.2, -0.15) is 9.78 Å². The van der Waals surface area contributed by atoms with E-state index in [1.165, 1.54) is 17.2 Å². The van der Waals surface area contributed by atoms with Gasteiger partial charge in [0.1, 0.15) is 5.75 Å². The first-order valence-electron chi connectivity index (χ1n) is 9.03. The molecule has 0 fully saturated rings. The van der Waals surface area contributed by atoms with Gasteiger partial charge in [-0.05, 0) is 41.1 Å². The van der Waals surface area contributed by atoms with E-state index in [1.807, 2.05) is 36.4 Å². The van der Waals surface area contributed by atoms with E-state index >= 15 is 0 Å². The van der Waals surface area contributed by atoms with Gasteiger partial charge in [0.15, 0.2) is 5.76 Å². The third kappa shape index (κ3) is 2.87. The summed E-state index contributed by atoms with van der Waals surface area (Å²) in [6.45, 7) is 0. The lowest BCUT2D eigenvalue weighted by Gasteiger charge is -2.08. The van der Waals surface area contributed by atoms with Gasteiger partial charge in [-0.15, -0.1) is 0 Å². The fourth-order valence-electron chi connectivity index (χ4n) is 3.33. The number of hydrogen-bond donors (Lipinski definition) is 1. The second kappa shape index (κ2) is 6.76. The van der Waals surface area contributed by atoms with E-state index in [9.17, 15) is 9.90 Å². The van der Waals surface area contributed by atoms with E-state index in [0.717, 1.165) is 10.8 Å². The molecular formula is C23H15N3O3. The Kier molecular flexibility index (Phi) is 3.95. The van der Waals surface area contributed by atoms with E-state index in [4.69, 9.17) is 4.42 Å². The molecule has 0 aliphatic carbocycles. The van der Waals surface area contributed by atoms with Gasteiger partial charge in [-0.3, -0.25) is 4.79 Å². The first kappa shape index (κ1) is 16.9. The molecule has 3 aromatic carbocycles. The summed E-state index contributed by atoms with van der Waals surface area (Å²) in [5.74, 6) is 0.788. The maximum absolute atomic E-state index is 13.1. The van der Waals surface area contributed by atoms with Crippen molar-refractivity contribution in [1.29, 1.82) is 0 Å². The Hall–Kier alpha value is -4.19. The lowest BCUT2D eigenvalue weighted by Crippen LogP contribution is -2.20. The van der Waals surface area contributed by atoms with Crippen LogP contribution >= 0.6 is 0 Å². The number of aromatic hydroxyl groups is 1. The third-order valence-corrected chi connectivity index (χ3v) is 4.75. The van der Waals surface area contributed by atoms with Crippen molar-refractivity contribution in [3.8, 4) is 17.3 Å². The second-order valence-electron chi connectivity index (χ2n) is 6.51. The molecule has 0 bridgehead atoms. The van der Waals surface area contributed by atoms with Gasteiger partial charge in [0.05, 0.1) is 23.4 Å². The van der Waals surface area contributed by atoms with E-state index < -0.39 is 0 Å². The number of para-hydroxylation sites is 1. The standard InChI is InChI=1S/C23H15N3O3/c27-20-12-11-15-6-1-2-7-16(15)18(20)14-24-26-22(21-10-5-13-29-21)25-19-9-4-3-8-17(19)23(26)28/h1-14,27H/b24-14-. The molecule has 6 nitrogen and oxygen atoms in total. The molecule has 5 aromatic rings. The maximum Gasteiger partial charge on any atom is 0.282 e. The molecule has 0 saturated heterocycles. The quantitative estimate of drug-likeness (QED) is 0.470. The van der Waals surface area contributed by atoms with E-state index in [-0.39, 0.29) is 17.1 Å². The molecular weight excluding hydrogens is 366 g/mol. The molecule has 0 spiro atoms. The van der Waals surface area contributed by atoms with Crippen molar-refractivity contribution in [3.63, 3.8) is 0 Å². The van der Waals surface area contributed by atoms with E-state index in [2.05, 4.69) is 10.1 Å². The number of phenols is 1. The minimum Gasteiger partial charge on any atom is -0.507 e. The number of phenolic OH excluding ortho intramolecular Hbond substituents is 1. The lowest BCUT2D eigenvalue weighted by atomic mass is 10.0. The molecule has 0 radical (unpaired) electrons. The van der Waals surface area contributed by atoms with Crippen LogP contribution in [0.2, 0.25) is 0 Å². The van der Waals surface area contributed by atoms with Crippen LogP contribution in [-0.2, 0) is 0 Å². The third-order valence-electron chi connectivity index (χ3n) is 4.75. The average molecular weight is 381 g/mol. The predicted molar refractivity (Wildman–Crippen MR) is 112 cm³/mol. The number of nitrogens with zero attached hydrogens (tertiary/aromatic N) is 3. The van der Waals surface area contributed by atoms with Gasteiger partial charge in [-0.25, -0.2) is 4.98 Å². The summed E-state index contributed by atoms with van der Waals surface area (Å²) < 4.78 is 6.66. The van der Waals surface area contributed by atoms with Crippen molar-refractivity contribution >= 4 is 27.9 Å². The highest BCUT2D eigenvalue weighted by molar-refractivity contribution is 6.02. The monoisotopic (exact) mass is 381 g/mol. The average Bonchev–Trinajstić information content (AvgIpc) is 3.29. The summed E-state index contributed by atoms with van der Waals surface area (Å²) in [6, 6.07) is 21.6. The lowest BCUT2D eigenvalue weighted by molar-refractivity contribution is 0.475. The second-order valence-corrected chi connectivity index (χ2v) is 6.51. The Morgan fingerprint density at radius 2 is 1.72 bits per heavy atom. The summed E-state index contributed by atoms with van der Waals surface area (Å²) >= 11 is 0. The summed E-state index contributed by atoms with van der Waals surface area (Å²) in [6.07, 6.45) is 2.99. The normalized spacial score (nSPS) is 11.6. The summed E-state index contributed by atoms with van der Waals surface area (Å²) in [5, 5.41) is 17.0. The molecule has 0 saturated carbocycles. The summed E-state index contributed by atoms with van der Waals surface area (Å²) in [5.41, 5.74) is 0.759. The SMILES string of the molecule is O=c1c2ccccc2nc(-c2ccco2)n1/N=C\c1c(O)ccc2ccccc12. The summed E-state index contributed by atoms with van der Waals surface area (Å²) in [4.78, 5) is 17.7. The van der Waals surface area contributed by atoms with Crippen molar-refractivity contribution < 1.29 is 9.52 Å². The smallest absolute Gasteiger partial charge is 0.282 e. The molecule has 1 N–H and O–H groups in total. The van der Waals surface area contributed by atoms with Gasteiger partial charge in [0.2, 0.25) is 5.82 Å². The van der Waals surface area contributed by atoms with Crippen molar-refractivity contribution in [2.75, 3.05) is 0 Å². The Morgan fingerprint density at radius 3 is 2.55 bits per heavy atom. The van der Waals surface area contributed by atoms with Crippen LogP contribution in [0.5, 0.6) is 5.75 Å². The van der Waals surface area contributed by atoms with Gasteiger partial charge >= 0.3 is 0 Å². The first-order chi connectivity index (χ1) is 14.2. The van der Waals surface area contributed by atoms with Gasteiger partial charge in [0.25, 0.3) is 5.56 Å². The van der Waals surface area contributed by atoms with Gasteiger partial charge < -0.3 is 9.52 Å². The molecule has 5 rings (SSSR count). The van der Waals surface area contributed by atoms with Gasteiger partial charge in [-0.1, -0.05) is 42.5 Å². The Bertz CT molecular complexity index is 1430. The van der Waals surface area contributed by atoms with Crippen LogP contribution in [0.3, 0.4) is 0 Å². The highest BCUT2D eigenvalue weighted by Gasteiger charge is 2.14. The van der Waals surface area contributed by atoms with Crippen molar-refractivity contribution in [2.45, 2.75) is 0 Å². The van der Waals surface area contributed by atoms with Crippen LogP contribution in [-0.4, -0.2) is 21.0 Å². The van der Waals surface area contributed by atoms with Crippen LogP contribution in [0, 0.1) is 0 Å². The fraction of sp³-hybridized carbons (Fsp3) is 0. The van der Waals surface area contributed by atoms with Crippen LogP contribution in [0.15, 0.2) is 93.4 Å². The Morgan fingerprint density at radius 1 is 0.931 bits per heavy atom. The zero-order chi connectivity index (χ0) is 19.8. The molecule has 140 valence electrons. The number of aromatic nitrogens is 2.